The highest BCUT2D eigenvalue weighted by atomic mass is 16.1. The SMILES string of the molecule is CC(=O)Nc1ccc(-c2ccc3c(c2)C(C)(C)c2ccccc2-3)cc1. The lowest BCUT2D eigenvalue weighted by Crippen LogP contribution is -2.14. The lowest BCUT2D eigenvalue weighted by Gasteiger charge is -2.22. The summed E-state index contributed by atoms with van der Waals surface area (Å²) in [5.74, 6) is -0.0511. The van der Waals surface area contributed by atoms with Gasteiger partial charge in [-0.2, -0.15) is 0 Å². The lowest BCUT2D eigenvalue weighted by molar-refractivity contribution is -0.114. The maximum Gasteiger partial charge on any atom is 0.221 e. The molecule has 0 aromatic heterocycles. The summed E-state index contributed by atoms with van der Waals surface area (Å²) in [5, 5.41) is 2.81. The number of anilines is 1. The Morgan fingerprint density at radius 2 is 1.44 bits per heavy atom. The molecule has 0 radical (unpaired) electrons. The number of fused-ring (bicyclic) bond motifs is 3. The molecule has 0 unspecified atom stereocenters. The summed E-state index contributed by atoms with van der Waals surface area (Å²) in [7, 11) is 0. The van der Waals surface area contributed by atoms with Crippen molar-refractivity contribution in [3.05, 3.63) is 77.9 Å². The summed E-state index contributed by atoms with van der Waals surface area (Å²) >= 11 is 0. The number of benzene rings is 3. The molecule has 1 N–H and O–H groups in total. The van der Waals surface area contributed by atoms with E-state index in [1.807, 2.05) is 12.1 Å². The third-order valence-corrected chi connectivity index (χ3v) is 5.12. The van der Waals surface area contributed by atoms with Gasteiger partial charge in [-0.1, -0.05) is 62.4 Å². The van der Waals surface area contributed by atoms with Crippen LogP contribution in [0.3, 0.4) is 0 Å². The van der Waals surface area contributed by atoms with Gasteiger partial charge in [0.25, 0.3) is 0 Å². The number of amides is 1. The highest BCUT2D eigenvalue weighted by Gasteiger charge is 2.35. The highest BCUT2D eigenvalue weighted by molar-refractivity contribution is 5.89. The van der Waals surface area contributed by atoms with Crippen LogP contribution in [0.15, 0.2) is 66.7 Å². The Morgan fingerprint density at radius 3 is 2.16 bits per heavy atom. The number of carbonyl (C=O) groups is 1. The molecular formula is C23H21NO. The Hall–Kier alpha value is -2.87. The van der Waals surface area contributed by atoms with Gasteiger partial charge in [-0.3, -0.25) is 4.79 Å². The van der Waals surface area contributed by atoms with Gasteiger partial charge >= 0.3 is 0 Å². The smallest absolute Gasteiger partial charge is 0.221 e. The molecule has 25 heavy (non-hydrogen) atoms. The van der Waals surface area contributed by atoms with Crippen LogP contribution in [0.4, 0.5) is 5.69 Å². The molecular weight excluding hydrogens is 306 g/mol. The molecule has 0 atom stereocenters. The number of hydrogen-bond donors (Lipinski definition) is 1. The zero-order valence-electron chi connectivity index (χ0n) is 14.8. The molecule has 0 saturated carbocycles. The number of nitrogens with one attached hydrogen (secondary N) is 1. The summed E-state index contributed by atoms with van der Waals surface area (Å²) in [4.78, 5) is 11.2. The fraction of sp³-hybridized carbons (Fsp3) is 0.174. The molecule has 0 saturated heterocycles. The van der Waals surface area contributed by atoms with Crippen LogP contribution in [0.5, 0.6) is 0 Å². The van der Waals surface area contributed by atoms with Crippen LogP contribution in [0.25, 0.3) is 22.3 Å². The van der Waals surface area contributed by atoms with E-state index in [2.05, 4.69) is 73.8 Å². The van der Waals surface area contributed by atoms with E-state index in [0.29, 0.717) is 0 Å². The Kier molecular flexibility index (Phi) is 3.50. The minimum absolute atomic E-state index is 0.0120. The van der Waals surface area contributed by atoms with Crippen molar-refractivity contribution in [2.24, 2.45) is 0 Å². The summed E-state index contributed by atoms with van der Waals surface area (Å²) in [6.45, 7) is 6.11. The predicted octanol–water partition coefficient (Wildman–Crippen LogP) is 5.62. The van der Waals surface area contributed by atoms with Gasteiger partial charge in [0.05, 0.1) is 0 Å². The van der Waals surface area contributed by atoms with Gasteiger partial charge in [-0.05, 0) is 51.6 Å². The Morgan fingerprint density at radius 1 is 0.800 bits per heavy atom. The van der Waals surface area contributed by atoms with Gasteiger partial charge < -0.3 is 5.32 Å². The molecule has 0 aliphatic heterocycles. The van der Waals surface area contributed by atoms with Crippen LogP contribution in [-0.2, 0) is 10.2 Å². The Labute approximate surface area is 148 Å². The maximum absolute atomic E-state index is 11.2. The highest BCUT2D eigenvalue weighted by Crippen LogP contribution is 2.49. The molecule has 0 bridgehead atoms. The standard InChI is InChI=1S/C23H21NO/c1-15(25)24-18-11-8-16(9-12-18)17-10-13-20-19-6-4-5-7-21(19)23(2,3)22(20)14-17/h4-14H,1-3H3,(H,24,25). The summed E-state index contributed by atoms with van der Waals surface area (Å²) in [5.41, 5.74) is 8.63. The molecule has 2 heteroatoms. The average molecular weight is 327 g/mol. The van der Waals surface area contributed by atoms with E-state index in [9.17, 15) is 4.79 Å². The van der Waals surface area contributed by atoms with E-state index < -0.39 is 0 Å². The van der Waals surface area contributed by atoms with Crippen molar-refractivity contribution in [3.8, 4) is 22.3 Å². The summed E-state index contributed by atoms with van der Waals surface area (Å²) in [6.07, 6.45) is 0. The van der Waals surface area contributed by atoms with Crippen LogP contribution in [0.1, 0.15) is 31.9 Å². The molecule has 0 heterocycles. The Bertz CT molecular complexity index is 968. The van der Waals surface area contributed by atoms with Gasteiger partial charge in [0.2, 0.25) is 5.91 Å². The third kappa shape index (κ3) is 2.54. The van der Waals surface area contributed by atoms with E-state index in [4.69, 9.17) is 0 Å². The molecule has 3 aromatic carbocycles. The van der Waals surface area contributed by atoms with Crippen LogP contribution < -0.4 is 5.32 Å². The Balaban J connectivity index is 1.76. The zero-order chi connectivity index (χ0) is 17.6. The first-order chi connectivity index (χ1) is 12.0. The summed E-state index contributed by atoms with van der Waals surface area (Å²) < 4.78 is 0. The molecule has 3 aromatic rings. The molecule has 4 rings (SSSR count). The minimum Gasteiger partial charge on any atom is -0.326 e. The van der Waals surface area contributed by atoms with Crippen molar-refractivity contribution in [1.82, 2.24) is 0 Å². The first-order valence-electron chi connectivity index (χ1n) is 8.59. The van der Waals surface area contributed by atoms with E-state index in [-0.39, 0.29) is 11.3 Å². The second-order valence-electron chi connectivity index (χ2n) is 7.19. The van der Waals surface area contributed by atoms with Crippen molar-refractivity contribution in [3.63, 3.8) is 0 Å². The molecule has 124 valence electrons. The number of carbonyl (C=O) groups excluding carboxylic acids is 1. The van der Waals surface area contributed by atoms with Crippen molar-refractivity contribution in [2.75, 3.05) is 5.32 Å². The molecule has 1 aliphatic rings. The van der Waals surface area contributed by atoms with Crippen molar-refractivity contribution >= 4 is 11.6 Å². The van der Waals surface area contributed by atoms with E-state index in [0.717, 1.165) is 11.3 Å². The first kappa shape index (κ1) is 15.6. The fourth-order valence-corrected chi connectivity index (χ4v) is 3.83. The fourth-order valence-electron chi connectivity index (χ4n) is 3.83. The predicted molar refractivity (Wildman–Crippen MR) is 104 cm³/mol. The monoisotopic (exact) mass is 327 g/mol. The largest absolute Gasteiger partial charge is 0.326 e. The second-order valence-corrected chi connectivity index (χ2v) is 7.19. The quantitative estimate of drug-likeness (QED) is 0.650. The zero-order valence-corrected chi connectivity index (χ0v) is 14.8. The molecule has 0 fully saturated rings. The van der Waals surface area contributed by atoms with Crippen LogP contribution >= 0.6 is 0 Å². The number of rotatable bonds is 2. The van der Waals surface area contributed by atoms with Gasteiger partial charge in [0.1, 0.15) is 0 Å². The molecule has 1 aliphatic carbocycles. The van der Waals surface area contributed by atoms with Gasteiger partial charge in [0, 0.05) is 18.0 Å². The van der Waals surface area contributed by atoms with Gasteiger partial charge in [0.15, 0.2) is 0 Å². The number of hydrogen-bond acceptors (Lipinski definition) is 1. The first-order valence-corrected chi connectivity index (χ1v) is 8.59. The van der Waals surface area contributed by atoms with Gasteiger partial charge in [-0.15, -0.1) is 0 Å². The maximum atomic E-state index is 11.2. The average Bonchev–Trinajstić information content (AvgIpc) is 2.83. The lowest BCUT2D eigenvalue weighted by atomic mass is 9.81. The summed E-state index contributed by atoms with van der Waals surface area (Å²) in [6, 6.07) is 23.4. The van der Waals surface area contributed by atoms with E-state index in [1.54, 1.807) is 0 Å². The van der Waals surface area contributed by atoms with Crippen molar-refractivity contribution < 1.29 is 4.79 Å². The molecule has 0 spiro atoms. The second kappa shape index (κ2) is 5.59. The molecule has 1 amide bonds. The van der Waals surface area contributed by atoms with Crippen molar-refractivity contribution in [1.29, 1.82) is 0 Å². The van der Waals surface area contributed by atoms with Crippen LogP contribution in [0, 0.1) is 0 Å². The van der Waals surface area contributed by atoms with Crippen LogP contribution in [0.2, 0.25) is 0 Å². The van der Waals surface area contributed by atoms with E-state index in [1.165, 1.54) is 34.7 Å². The van der Waals surface area contributed by atoms with Crippen molar-refractivity contribution in [2.45, 2.75) is 26.2 Å². The van der Waals surface area contributed by atoms with Gasteiger partial charge in [-0.25, -0.2) is 0 Å². The topological polar surface area (TPSA) is 29.1 Å². The normalized spacial score (nSPS) is 13.9. The van der Waals surface area contributed by atoms with E-state index >= 15 is 0 Å². The van der Waals surface area contributed by atoms with Crippen LogP contribution in [-0.4, -0.2) is 5.91 Å². The third-order valence-electron chi connectivity index (χ3n) is 5.12. The molecule has 2 nitrogen and oxygen atoms in total. The minimum atomic E-state index is -0.0511.